The maximum absolute atomic E-state index is 12.7. The number of hydrogen-bond donors (Lipinski definition) is 1. The second kappa shape index (κ2) is 8.24. The van der Waals surface area contributed by atoms with Crippen LogP contribution < -0.4 is 4.72 Å². The molecule has 2 rings (SSSR count). The van der Waals surface area contributed by atoms with Gasteiger partial charge in [-0.25, -0.2) is 13.1 Å². The highest BCUT2D eigenvalue weighted by Crippen LogP contribution is 2.30. The summed E-state index contributed by atoms with van der Waals surface area (Å²) in [6.07, 6.45) is 2.38. The molecule has 2 aromatic heterocycles. The molecule has 2 aromatic rings. The topological polar surface area (TPSA) is 73.2 Å². The lowest BCUT2D eigenvalue weighted by atomic mass is 10.3. The van der Waals surface area contributed by atoms with Crippen LogP contribution in [-0.4, -0.2) is 37.5 Å². The summed E-state index contributed by atoms with van der Waals surface area (Å²) in [5, 5.41) is 6.38. The Morgan fingerprint density at radius 3 is 2.67 bits per heavy atom. The van der Waals surface area contributed by atoms with E-state index in [1.165, 1.54) is 11.3 Å². The summed E-state index contributed by atoms with van der Waals surface area (Å²) < 4.78 is 35.1. The van der Waals surface area contributed by atoms with E-state index in [0.717, 1.165) is 4.88 Å². The smallest absolute Gasteiger partial charge is 0.244 e. The van der Waals surface area contributed by atoms with Gasteiger partial charge in [0.25, 0.3) is 0 Å². The molecule has 0 amide bonds. The zero-order chi connectivity index (χ0) is 17.7. The number of aromatic nitrogens is 2. The van der Waals surface area contributed by atoms with Crippen LogP contribution in [0.3, 0.4) is 0 Å². The van der Waals surface area contributed by atoms with Gasteiger partial charge in [-0.3, -0.25) is 4.68 Å². The first-order valence-corrected chi connectivity index (χ1v) is 10.4. The Morgan fingerprint density at radius 1 is 1.33 bits per heavy atom. The third-order valence-corrected chi connectivity index (χ3v) is 5.67. The molecule has 0 bridgehead atoms. The summed E-state index contributed by atoms with van der Waals surface area (Å²) in [4.78, 5) is 1.07. The van der Waals surface area contributed by atoms with Gasteiger partial charge in [-0.15, -0.1) is 11.3 Å². The van der Waals surface area contributed by atoms with Crippen molar-refractivity contribution < 1.29 is 13.2 Å². The molecule has 6 nitrogen and oxygen atoms in total. The molecule has 0 radical (unpaired) electrons. The van der Waals surface area contributed by atoms with Crippen LogP contribution in [0.4, 0.5) is 0 Å². The fourth-order valence-electron chi connectivity index (χ4n) is 2.10. The van der Waals surface area contributed by atoms with E-state index in [1.807, 2.05) is 45.2 Å². The molecule has 134 valence electrons. The van der Waals surface area contributed by atoms with E-state index in [9.17, 15) is 8.42 Å². The molecule has 0 aliphatic rings. The average molecular weight is 372 g/mol. The van der Waals surface area contributed by atoms with E-state index in [0.29, 0.717) is 25.3 Å². The molecular formula is C16H25N3O3S2. The molecule has 0 aromatic carbocycles. The third kappa shape index (κ3) is 4.89. The van der Waals surface area contributed by atoms with Crippen LogP contribution >= 0.6 is 11.3 Å². The van der Waals surface area contributed by atoms with Gasteiger partial charge in [0.1, 0.15) is 10.6 Å². The molecule has 1 N–H and O–H groups in total. The molecule has 24 heavy (non-hydrogen) atoms. The Balaban J connectivity index is 2.16. The molecule has 0 aliphatic carbocycles. The normalized spacial score (nSPS) is 12.4. The van der Waals surface area contributed by atoms with E-state index < -0.39 is 10.0 Å². The molecule has 0 fully saturated rings. The second-order valence-electron chi connectivity index (χ2n) is 6.06. The van der Waals surface area contributed by atoms with Crippen molar-refractivity contribution in [1.29, 1.82) is 0 Å². The Hall–Kier alpha value is -1.22. The number of nitrogens with one attached hydrogen (secondary N) is 1. The van der Waals surface area contributed by atoms with Crippen LogP contribution in [0.2, 0.25) is 0 Å². The standard InChI is InChI=1S/C16H25N3O3S2/c1-12(2)19-11-15(16(18-19)14-7-5-10-23-14)24(20,21)17-8-6-9-22-13(3)4/h5,7,10-13,17H,6,8-9H2,1-4H3. The second-order valence-corrected chi connectivity index (χ2v) is 8.75. The Morgan fingerprint density at radius 2 is 2.08 bits per heavy atom. The summed E-state index contributed by atoms with van der Waals surface area (Å²) in [5.41, 5.74) is 0.504. The first-order chi connectivity index (χ1) is 11.3. The van der Waals surface area contributed by atoms with Gasteiger partial charge in [-0.2, -0.15) is 5.10 Å². The largest absolute Gasteiger partial charge is 0.379 e. The maximum atomic E-state index is 12.7. The number of rotatable bonds is 9. The Kier molecular flexibility index (Phi) is 6.56. The predicted octanol–water partition coefficient (Wildman–Crippen LogP) is 3.29. The summed E-state index contributed by atoms with van der Waals surface area (Å²) in [6.45, 7) is 8.72. The van der Waals surface area contributed by atoms with Gasteiger partial charge in [0.05, 0.1) is 11.0 Å². The van der Waals surface area contributed by atoms with Crippen molar-refractivity contribution in [3.63, 3.8) is 0 Å². The SMILES string of the molecule is CC(C)OCCCNS(=O)(=O)c1cn(C(C)C)nc1-c1cccs1. The molecule has 0 saturated carbocycles. The van der Waals surface area contributed by atoms with Gasteiger partial charge in [0.2, 0.25) is 10.0 Å². The van der Waals surface area contributed by atoms with Gasteiger partial charge in [-0.05, 0) is 45.6 Å². The minimum Gasteiger partial charge on any atom is -0.379 e. The van der Waals surface area contributed by atoms with Gasteiger partial charge < -0.3 is 4.74 Å². The van der Waals surface area contributed by atoms with Crippen molar-refractivity contribution in [2.75, 3.05) is 13.2 Å². The van der Waals surface area contributed by atoms with E-state index >= 15 is 0 Å². The van der Waals surface area contributed by atoms with E-state index in [4.69, 9.17) is 4.74 Å². The van der Waals surface area contributed by atoms with Crippen LogP contribution in [0.25, 0.3) is 10.6 Å². The van der Waals surface area contributed by atoms with Crippen LogP contribution in [0.5, 0.6) is 0 Å². The molecule has 8 heteroatoms. The highest BCUT2D eigenvalue weighted by atomic mass is 32.2. The highest BCUT2D eigenvalue weighted by molar-refractivity contribution is 7.89. The van der Waals surface area contributed by atoms with Crippen LogP contribution in [0.15, 0.2) is 28.6 Å². The first kappa shape index (κ1) is 19.1. The number of ether oxygens (including phenoxy) is 1. The molecule has 0 unspecified atom stereocenters. The monoisotopic (exact) mass is 371 g/mol. The molecule has 0 spiro atoms. The summed E-state index contributed by atoms with van der Waals surface area (Å²) >= 11 is 1.48. The summed E-state index contributed by atoms with van der Waals surface area (Å²) in [5.74, 6) is 0. The zero-order valence-electron chi connectivity index (χ0n) is 14.5. The fraction of sp³-hybridized carbons (Fsp3) is 0.562. The molecule has 2 heterocycles. The maximum Gasteiger partial charge on any atom is 0.244 e. The van der Waals surface area contributed by atoms with Crippen LogP contribution in [0, 0.1) is 0 Å². The molecule has 0 atom stereocenters. The molecule has 0 saturated heterocycles. The lowest BCUT2D eigenvalue weighted by molar-refractivity contribution is 0.0778. The minimum atomic E-state index is -3.61. The average Bonchev–Trinajstić information content (AvgIpc) is 3.15. The number of sulfonamides is 1. The van der Waals surface area contributed by atoms with Gasteiger partial charge in [0.15, 0.2) is 0 Å². The number of hydrogen-bond acceptors (Lipinski definition) is 5. The number of nitrogens with zero attached hydrogens (tertiary/aromatic N) is 2. The summed E-state index contributed by atoms with van der Waals surface area (Å²) in [7, 11) is -3.61. The lowest BCUT2D eigenvalue weighted by Crippen LogP contribution is -2.26. The van der Waals surface area contributed by atoms with Crippen molar-refractivity contribution in [3.8, 4) is 10.6 Å². The third-order valence-electron chi connectivity index (χ3n) is 3.34. The van der Waals surface area contributed by atoms with Gasteiger partial charge in [-0.1, -0.05) is 6.07 Å². The zero-order valence-corrected chi connectivity index (χ0v) is 16.2. The van der Waals surface area contributed by atoms with E-state index in [1.54, 1.807) is 10.9 Å². The van der Waals surface area contributed by atoms with Crippen molar-refractivity contribution in [2.45, 2.75) is 51.2 Å². The highest BCUT2D eigenvalue weighted by Gasteiger charge is 2.24. The number of thiophene rings is 1. The fourth-order valence-corrected chi connectivity index (χ4v) is 4.10. The van der Waals surface area contributed by atoms with Crippen molar-refractivity contribution in [1.82, 2.24) is 14.5 Å². The minimum absolute atomic E-state index is 0.0899. The Bertz CT molecular complexity index is 735. The quantitative estimate of drug-likeness (QED) is 0.687. The van der Waals surface area contributed by atoms with Crippen molar-refractivity contribution in [2.24, 2.45) is 0 Å². The van der Waals surface area contributed by atoms with E-state index in [-0.39, 0.29) is 17.0 Å². The lowest BCUT2D eigenvalue weighted by Gasteiger charge is -2.08. The first-order valence-electron chi connectivity index (χ1n) is 8.05. The van der Waals surface area contributed by atoms with Gasteiger partial charge in [0, 0.05) is 25.4 Å². The predicted molar refractivity (Wildman–Crippen MR) is 96.8 cm³/mol. The van der Waals surface area contributed by atoms with Gasteiger partial charge >= 0.3 is 0 Å². The molecular weight excluding hydrogens is 346 g/mol. The van der Waals surface area contributed by atoms with Crippen molar-refractivity contribution >= 4 is 21.4 Å². The Labute approximate surface area is 147 Å². The summed E-state index contributed by atoms with van der Waals surface area (Å²) in [6, 6.07) is 3.86. The van der Waals surface area contributed by atoms with Crippen LogP contribution in [-0.2, 0) is 14.8 Å². The van der Waals surface area contributed by atoms with E-state index in [2.05, 4.69) is 9.82 Å². The molecule has 0 aliphatic heterocycles. The van der Waals surface area contributed by atoms with Crippen molar-refractivity contribution in [3.05, 3.63) is 23.7 Å². The van der Waals surface area contributed by atoms with Crippen LogP contribution in [0.1, 0.15) is 40.2 Å².